The molecule has 1 aromatic heterocycles. The van der Waals surface area contributed by atoms with Crippen molar-refractivity contribution in [3.8, 4) is 6.07 Å². The van der Waals surface area contributed by atoms with Gasteiger partial charge in [-0.1, -0.05) is 6.07 Å². The van der Waals surface area contributed by atoms with Crippen molar-refractivity contribution in [1.82, 2.24) is 4.90 Å². The van der Waals surface area contributed by atoms with Gasteiger partial charge in [-0.25, -0.2) is 4.39 Å². The molecule has 0 bridgehead atoms. The molecule has 0 unspecified atom stereocenters. The maximum absolute atomic E-state index is 13.9. The number of halogens is 1. The van der Waals surface area contributed by atoms with Gasteiger partial charge in [0, 0.05) is 32.6 Å². The number of benzene rings is 1. The van der Waals surface area contributed by atoms with E-state index in [0.29, 0.717) is 18.3 Å². The molecule has 0 N–H and O–H groups in total. The Kier molecular flexibility index (Phi) is 4.65. The predicted molar refractivity (Wildman–Crippen MR) is 104 cm³/mol. The Bertz CT molecular complexity index is 881. The summed E-state index contributed by atoms with van der Waals surface area (Å²) in [6, 6.07) is 9.18. The Labute approximate surface area is 162 Å². The van der Waals surface area contributed by atoms with Crippen LogP contribution < -0.4 is 4.90 Å². The number of anilines is 1. The van der Waals surface area contributed by atoms with Crippen LogP contribution in [0.1, 0.15) is 37.3 Å². The average molecular weight is 383 g/mol. The molecule has 2 aromatic rings. The molecular weight excluding hydrogens is 361 g/mol. The molecule has 2 heterocycles. The molecule has 140 valence electrons. The van der Waals surface area contributed by atoms with E-state index in [-0.39, 0.29) is 16.9 Å². The fourth-order valence-electron chi connectivity index (χ4n) is 4.40. The Morgan fingerprint density at radius 3 is 2.81 bits per heavy atom. The molecule has 4 nitrogen and oxygen atoms in total. The van der Waals surface area contributed by atoms with Gasteiger partial charge in [0.15, 0.2) is 0 Å². The summed E-state index contributed by atoms with van der Waals surface area (Å²) in [5, 5.41) is 13.4. The van der Waals surface area contributed by atoms with E-state index in [2.05, 4.69) is 16.3 Å². The summed E-state index contributed by atoms with van der Waals surface area (Å²) in [7, 11) is 0. The smallest absolute Gasteiger partial charge is 0.220 e. The lowest BCUT2D eigenvalue weighted by molar-refractivity contribution is -0.130. The van der Waals surface area contributed by atoms with Crippen LogP contribution in [0.25, 0.3) is 0 Å². The highest BCUT2D eigenvalue weighted by atomic mass is 32.1. The van der Waals surface area contributed by atoms with Gasteiger partial charge in [0.25, 0.3) is 0 Å². The molecular formula is C21H22FN3OS. The average Bonchev–Trinajstić information content (AvgIpc) is 3.09. The van der Waals surface area contributed by atoms with Crippen LogP contribution in [0.4, 0.5) is 10.1 Å². The van der Waals surface area contributed by atoms with Gasteiger partial charge in [0.05, 0.1) is 5.69 Å². The quantitative estimate of drug-likeness (QED) is 0.796. The van der Waals surface area contributed by atoms with Gasteiger partial charge >= 0.3 is 0 Å². The van der Waals surface area contributed by atoms with Crippen LogP contribution in [-0.4, -0.2) is 29.9 Å². The number of hydrogen-bond donors (Lipinski definition) is 0. The number of nitrogens with zero attached hydrogens (tertiary/aromatic N) is 3. The van der Waals surface area contributed by atoms with Gasteiger partial charge in [-0.3, -0.25) is 4.79 Å². The number of thiophene rings is 1. The van der Waals surface area contributed by atoms with Crippen molar-refractivity contribution in [3.63, 3.8) is 0 Å². The highest BCUT2D eigenvalue weighted by molar-refractivity contribution is 7.07. The maximum Gasteiger partial charge on any atom is 0.220 e. The maximum atomic E-state index is 13.9. The molecule has 1 aromatic carbocycles. The Balaban J connectivity index is 1.45. The summed E-state index contributed by atoms with van der Waals surface area (Å²) in [5.41, 5.74) is 2.18. The van der Waals surface area contributed by atoms with Crippen LogP contribution in [0.15, 0.2) is 35.0 Å². The van der Waals surface area contributed by atoms with E-state index >= 15 is 0 Å². The number of amides is 1. The third-order valence-corrected chi connectivity index (χ3v) is 6.80. The fourth-order valence-corrected chi connectivity index (χ4v) is 5.06. The van der Waals surface area contributed by atoms with Crippen molar-refractivity contribution in [2.45, 2.75) is 38.8 Å². The van der Waals surface area contributed by atoms with Crippen molar-refractivity contribution in [3.05, 3.63) is 52.0 Å². The monoisotopic (exact) mass is 383 g/mol. The standard InChI is InChI=1S/C21H22FN3OS/c1-15(26)25(13-16-5-10-27-14-16)20-11-21(20)6-8-24(9-7-21)19-4-2-3-18(22)17(19)12-23/h2-5,10,14,20H,6-9,11,13H2,1H3/t20-/m1/s1. The van der Waals surface area contributed by atoms with Crippen molar-refractivity contribution in [2.75, 3.05) is 18.0 Å². The predicted octanol–water partition coefficient (Wildman–Crippen LogP) is 4.17. The van der Waals surface area contributed by atoms with Gasteiger partial charge in [0.2, 0.25) is 5.91 Å². The van der Waals surface area contributed by atoms with E-state index in [1.807, 2.05) is 22.4 Å². The minimum Gasteiger partial charge on any atom is -0.370 e. The van der Waals surface area contributed by atoms with Crippen molar-refractivity contribution >= 4 is 22.9 Å². The van der Waals surface area contributed by atoms with E-state index in [1.54, 1.807) is 24.3 Å². The molecule has 1 aliphatic carbocycles. The van der Waals surface area contributed by atoms with Gasteiger partial charge in [0.1, 0.15) is 17.4 Å². The molecule has 27 heavy (non-hydrogen) atoms. The second-order valence-corrected chi connectivity index (χ2v) is 8.37. The zero-order valence-electron chi connectivity index (χ0n) is 15.3. The summed E-state index contributed by atoms with van der Waals surface area (Å²) in [4.78, 5) is 16.4. The molecule has 6 heteroatoms. The topological polar surface area (TPSA) is 47.3 Å². The van der Waals surface area contributed by atoms with E-state index < -0.39 is 5.82 Å². The molecule has 4 rings (SSSR count). The van der Waals surface area contributed by atoms with Gasteiger partial charge in [-0.15, -0.1) is 0 Å². The normalized spacial score (nSPS) is 20.3. The zero-order valence-corrected chi connectivity index (χ0v) is 16.1. The van der Waals surface area contributed by atoms with E-state index in [4.69, 9.17) is 0 Å². The minimum atomic E-state index is -0.460. The molecule has 1 atom stereocenters. The number of hydrogen-bond acceptors (Lipinski definition) is 4. The summed E-state index contributed by atoms with van der Waals surface area (Å²) in [6.45, 7) is 3.91. The third-order valence-electron chi connectivity index (χ3n) is 6.06. The molecule has 2 aliphatic rings. The molecule has 1 saturated carbocycles. The second-order valence-electron chi connectivity index (χ2n) is 7.59. The Morgan fingerprint density at radius 1 is 1.41 bits per heavy atom. The van der Waals surface area contributed by atoms with Crippen LogP contribution in [0.5, 0.6) is 0 Å². The van der Waals surface area contributed by atoms with Crippen LogP contribution in [-0.2, 0) is 11.3 Å². The van der Waals surface area contributed by atoms with Crippen LogP contribution in [0.2, 0.25) is 0 Å². The van der Waals surface area contributed by atoms with Crippen LogP contribution in [0.3, 0.4) is 0 Å². The summed E-state index contributed by atoms with van der Waals surface area (Å²) in [6.07, 6.45) is 2.97. The molecule has 0 radical (unpaired) electrons. The van der Waals surface area contributed by atoms with Gasteiger partial charge in [-0.2, -0.15) is 16.6 Å². The SMILES string of the molecule is CC(=O)N(Cc1ccsc1)[C@@H]1CC12CCN(c1cccc(F)c1C#N)CC2. The van der Waals surface area contributed by atoms with Gasteiger partial charge < -0.3 is 9.80 Å². The Hall–Kier alpha value is -2.39. The molecule has 2 fully saturated rings. The molecule has 1 spiro atoms. The van der Waals surface area contributed by atoms with Crippen LogP contribution in [0, 0.1) is 22.6 Å². The number of carbonyl (C=O) groups excluding carboxylic acids is 1. The summed E-state index contributed by atoms with van der Waals surface area (Å²) >= 11 is 1.65. The van der Waals surface area contributed by atoms with E-state index in [1.165, 1.54) is 11.6 Å². The first-order valence-corrected chi connectivity index (χ1v) is 10.2. The lowest BCUT2D eigenvalue weighted by atomic mass is 9.91. The molecule has 1 aliphatic heterocycles. The number of nitriles is 1. The van der Waals surface area contributed by atoms with Gasteiger partial charge in [-0.05, 0) is 59.2 Å². The third kappa shape index (κ3) is 3.32. The Morgan fingerprint density at radius 2 is 2.19 bits per heavy atom. The number of carbonyl (C=O) groups is 1. The summed E-state index contributed by atoms with van der Waals surface area (Å²) in [5.74, 6) is -0.333. The number of rotatable bonds is 4. The largest absolute Gasteiger partial charge is 0.370 e. The first-order chi connectivity index (χ1) is 13.0. The van der Waals surface area contributed by atoms with E-state index in [0.717, 1.165) is 32.4 Å². The first-order valence-electron chi connectivity index (χ1n) is 9.26. The molecule has 1 saturated heterocycles. The van der Waals surface area contributed by atoms with Crippen molar-refractivity contribution < 1.29 is 9.18 Å². The van der Waals surface area contributed by atoms with Crippen LogP contribution >= 0.6 is 11.3 Å². The highest BCUT2D eigenvalue weighted by Crippen LogP contribution is 2.57. The van der Waals surface area contributed by atoms with Crippen molar-refractivity contribution in [1.29, 1.82) is 5.26 Å². The second kappa shape index (κ2) is 6.97. The molecule has 1 amide bonds. The van der Waals surface area contributed by atoms with Crippen molar-refractivity contribution in [2.24, 2.45) is 5.41 Å². The first kappa shape index (κ1) is 18.0. The summed E-state index contributed by atoms with van der Waals surface area (Å²) < 4.78 is 13.9. The number of piperidine rings is 1. The lowest BCUT2D eigenvalue weighted by Gasteiger charge is -2.36. The fraction of sp³-hybridized carbons (Fsp3) is 0.429. The zero-order chi connectivity index (χ0) is 19.0. The lowest BCUT2D eigenvalue weighted by Crippen LogP contribution is -2.40. The minimum absolute atomic E-state index is 0.127. The highest BCUT2D eigenvalue weighted by Gasteiger charge is 2.58. The van der Waals surface area contributed by atoms with E-state index in [9.17, 15) is 14.4 Å².